The van der Waals surface area contributed by atoms with Gasteiger partial charge in [-0.1, -0.05) is 18.5 Å². The van der Waals surface area contributed by atoms with Crippen LogP contribution in [-0.4, -0.2) is 47.2 Å². The fourth-order valence-electron chi connectivity index (χ4n) is 2.46. The number of sulfone groups is 1. The van der Waals surface area contributed by atoms with Crippen molar-refractivity contribution in [2.75, 3.05) is 5.75 Å². The largest absolute Gasteiger partial charge is 0.338 e. The SMILES string of the molecule is CCCCc1noc(CS(=O)(=O)CC(=O)N(C(C)C)C(C)C)n1. The van der Waals surface area contributed by atoms with Gasteiger partial charge < -0.3 is 9.42 Å². The zero-order valence-corrected chi connectivity index (χ0v) is 15.4. The highest BCUT2D eigenvalue weighted by atomic mass is 32.2. The van der Waals surface area contributed by atoms with Crippen molar-refractivity contribution in [1.82, 2.24) is 15.0 Å². The predicted octanol–water partition coefficient (Wildman–Crippen LogP) is 1.97. The molecule has 0 fully saturated rings. The Balaban J connectivity index is 2.72. The number of unbranched alkanes of at least 4 members (excludes halogenated alkanes) is 1. The third-order valence-corrected chi connectivity index (χ3v) is 4.73. The lowest BCUT2D eigenvalue weighted by atomic mass is 10.2. The van der Waals surface area contributed by atoms with Crippen LogP contribution in [0.3, 0.4) is 0 Å². The van der Waals surface area contributed by atoms with Crippen molar-refractivity contribution in [2.45, 2.75) is 71.7 Å². The van der Waals surface area contributed by atoms with E-state index in [0.717, 1.165) is 12.8 Å². The van der Waals surface area contributed by atoms with Crippen LogP contribution in [-0.2, 0) is 26.8 Å². The monoisotopic (exact) mass is 345 g/mol. The summed E-state index contributed by atoms with van der Waals surface area (Å²) in [6, 6.07) is -0.108. The average molecular weight is 345 g/mol. The summed E-state index contributed by atoms with van der Waals surface area (Å²) in [4.78, 5) is 17.9. The Bertz CT molecular complexity index is 600. The van der Waals surface area contributed by atoms with Gasteiger partial charge in [-0.15, -0.1) is 0 Å². The molecule has 0 spiro atoms. The molecule has 0 aliphatic carbocycles. The molecule has 132 valence electrons. The zero-order chi connectivity index (χ0) is 17.6. The maximum atomic E-state index is 12.3. The molecule has 1 rings (SSSR count). The normalized spacial score (nSPS) is 12.1. The molecule has 0 saturated carbocycles. The first-order chi connectivity index (χ1) is 10.7. The maximum Gasteiger partial charge on any atom is 0.241 e. The molecule has 7 nitrogen and oxygen atoms in total. The number of carbonyl (C=O) groups is 1. The van der Waals surface area contributed by atoms with E-state index in [9.17, 15) is 13.2 Å². The summed E-state index contributed by atoms with van der Waals surface area (Å²) < 4.78 is 29.4. The van der Waals surface area contributed by atoms with E-state index in [4.69, 9.17) is 4.52 Å². The molecule has 0 bridgehead atoms. The van der Waals surface area contributed by atoms with Gasteiger partial charge in [0.05, 0.1) is 0 Å². The third-order valence-electron chi connectivity index (χ3n) is 3.35. The maximum absolute atomic E-state index is 12.3. The summed E-state index contributed by atoms with van der Waals surface area (Å²) in [5.41, 5.74) is 0. The van der Waals surface area contributed by atoms with Crippen LogP contribution in [0.25, 0.3) is 0 Å². The van der Waals surface area contributed by atoms with E-state index in [-0.39, 0.29) is 18.0 Å². The van der Waals surface area contributed by atoms with Crippen LogP contribution in [0.2, 0.25) is 0 Å². The molecule has 1 amide bonds. The number of aryl methyl sites for hydroxylation is 1. The second kappa shape index (κ2) is 8.42. The molecule has 0 unspecified atom stereocenters. The van der Waals surface area contributed by atoms with Crippen molar-refractivity contribution in [3.05, 3.63) is 11.7 Å². The molecule has 8 heteroatoms. The fourth-order valence-corrected chi connectivity index (χ4v) is 3.58. The summed E-state index contributed by atoms with van der Waals surface area (Å²) in [5, 5.41) is 3.76. The zero-order valence-electron chi connectivity index (χ0n) is 14.6. The van der Waals surface area contributed by atoms with E-state index >= 15 is 0 Å². The highest BCUT2D eigenvalue weighted by Crippen LogP contribution is 2.11. The van der Waals surface area contributed by atoms with Gasteiger partial charge in [-0.25, -0.2) is 8.42 Å². The van der Waals surface area contributed by atoms with Gasteiger partial charge in [0.2, 0.25) is 11.8 Å². The molecule has 0 N–H and O–H groups in total. The lowest BCUT2D eigenvalue weighted by Crippen LogP contribution is -2.45. The van der Waals surface area contributed by atoms with Gasteiger partial charge >= 0.3 is 0 Å². The van der Waals surface area contributed by atoms with E-state index in [2.05, 4.69) is 10.1 Å². The number of hydrogen-bond donors (Lipinski definition) is 0. The van der Waals surface area contributed by atoms with E-state index < -0.39 is 27.3 Å². The minimum atomic E-state index is -3.64. The molecule has 0 radical (unpaired) electrons. The molecular formula is C15H27N3O4S. The van der Waals surface area contributed by atoms with Crippen molar-refractivity contribution in [3.8, 4) is 0 Å². The van der Waals surface area contributed by atoms with Crippen LogP contribution >= 0.6 is 0 Å². The lowest BCUT2D eigenvalue weighted by molar-refractivity contribution is -0.131. The minimum absolute atomic E-state index is 0.0459. The highest BCUT2D eigenvalue weighted by molar-refractivity contribution is 7.91. The van der Waals surface area contributed by atoms with E-state index in [1.165, 1.54) is 0 Å². The highest BCUT2D eigenvalue weighted by Gasteiger charge is 2.27. The lowest BCUT2D eigenvalue weighted by Gasteiger charge is -2.30. The molecule has 1 heterocycles. The quantitative estimate of drug-likeness (QED) is 0.679. The van der Waals surface area contributed by atoms with Crippen LogP contribution in [0.15, 0.2) is 4.52 Å². The second-order valence-electron chi connectivity index (χ2n) is 6.23. The Morgan fingerprint density at radius 3 is 2.35 bits per heavy atom. The molecule has 0 saturated heterocycles. The molecule has 23 heavy (non-hydrogen) atoms. The second-order valence-corrected chi connectivity index (χ2v) is 8.29. The Labute approximate surface area is 138 Å². The number of aromatic nitrogens is 2. The third kappa shape index (κ3) is 6.29. The Kier molecular flexibility index (Phi) is 7.18. The van der Waals surface area contributed by atoms with Crippen molar-refractivity contribution in [1.29, 1.82) is 0 Å². The van der Waals surface area contributed by atoms with Crippen LogP contribution in [0.4, 0.5) is 0 Å². The van der Waals surface area contributed by atoms with Gasteiger partial charge in [0.25, 0.3) is 0 Å². The molecule has 0 aliphatic heterocycles. The Hall–Kier alpha value is -1.44. The number of amides is 1. The number of rotatable bonds is 9. The van der Waals surface area contributed by atoms with Gasteiger partial charge in [-0.05, 0) is 34.1 Å². The summed E-state index contributed by atoms with van der Waals surface area (Å²) >= 11 is 0. The Morgan fingerprint density at radius 1 is 1.22 bits per heavy atom. The molecular weight excluding hydrogens is 318 g/mol. The fraction of sp³-hybridized carbons (Fsp3) is 0.800. The molecule has 1 aromatic heterocycles. The summed E-state index contributed by atoms with van der Waals surface area (Å²) in [7, 11) is -3.64. The number of nitrogens with zero attached hydrogens (tertiary/aromatic N) is 3. The standard InChI is InChI=1S/C15H27N3O4S/c1-6-7-8-13-16-14(22-17-13)9-23(20,21)10-15(19)18(11(2)3)12(4)5/h11-12H,6-10H2,1-5H3. The van der Waals surface area contributed by atoms with Crippen LogP contribution in [0.1, 0.15) is 59.2 Å². The van der Waals surface area contributed by atoms with Gasteiger partial charge in [-0.3, -0.25) is 4.79 Å². The summed E-state index contributed by atoms with van der Waals surface area (Å²) in [6.45, 7) is 9.50. The topological polar surface area (TPSA) is 93.4 Å². The van der Waals surface area contributed by atoms with Crippen molar-refractivity contribution < 1.29 is 17.7 Å². The first-order valence-corrected chi connectivity index (χ1v) is 9.81. The van der Waals surface area contributed by atoms with Gasteiger partial charge in [0.1, 0.15) is 11.5 Å². The van der Waals surface area contributed by atoms with Crippen LogP contribution in [0, 0.1) is 0 Å². The van der Waals surface area contributed by atoms with Crippen LogP contribution in [0.5, 0.6) is 0 Å². The summed E-state index contributed by atoms with van der Waals surface area (Å²) in [5.74, 6) is -0.794. The van der Waals surface area contributed by atoms with E-state index in [0.29, 0.717) is 12.2 Å². The number of hydrogen-bond acceptors (Lipinski definition) is 6. The predicted molar refractivity (Wildman–Crippen MR) is 87.5 cm³/mol. The number of carbonyl (C=O) groups excluding carboxylic acids is 1. The van der Waals surface area contributed by atoms with Gasteiger partial charge in [-0.2, -0.15) is 4.98 Å². The molecule has 0 aromatic carbocycles. The van der Waals surface area contributed by atoms with Gasteiger partial charge in [0, 0.05) is 18.5 Å². The average Bonchev–Trinajstić information content (AvgIpc) is 2.81. The Morgan fingerprint density at radius 2 is 1.83 bits per heavy atom. The van der Waals surface area contributed by atoms with Crippen LogP contribution < -0.4 is 0 Å². The van der Waals surface area contributed by atoms with E-state index in [1.807, 2.05) is 34.6 Å². The van der Waals surface area contributed by atoms with Gasteiger partial charge in [0.15, 0.2) is 15.7 Å². The van der Waals surface area contributed by atoms with E-state index in [1.54, 1.807) is 4.90 Å². The van der Waals surface area contributed by atoms with Crippen molar-refractivity contribution in [3.63, 3.8) is 0 Å². The molecule has 0 atom stereocenters. The molecule has 1 aromatic rings. The molecule has 0 aliphatic rings. The van der Waals surface area contributed by atoms with Crippen molar-refractivity contribution in [2.24, 2.45) is 0 Å². The first-order valence-electron chi connectivity index (χ1n) is 7.99. The summed E-state index contributed by atoms with van der Waals surface area (Å²) in [6.07, 6.45) is 2.58. The first kappa shape index (κ1) is 19.6. The minimum Gasteiger partial charge on any atom is -0.338 e. The van der Waals surface area contributed by atoms with Crippen molar-refractivity contribution >= 4 is 15.7 Å². The smallest absolute Gasteiger partial charge is 0.241 e.